The fourth-order valence-corrected chi connectivity index (χ4v) is 6.95. The van der Waals surface area contributed by atoms with Crippen molar-refractivity contribution in [3.05, 3.63) is 78.4 Å². The highest BCUT2D eigenvalue weighted by Gasteiger charge is 2.46. The second-order valence-corrected chi connectivity index (χ2v) is 12.6. The largest absolute Gasteiger partial charge is 0.497 e. The van der Waals surface area contributed by atoms with Gasteiger partial charge in [0.25, 0.3) is 0 Å². The molecule has 1 fully saturated rings. The molecule has 5 rings (SSSR count). The molecule has 1 saturated carbocycles. The van der Waals surface area contributed by atoms with Crippen LogP contribution in [0.4, 0.5) is 0 Å². The summed E-state index contributed by atoms with van der Waals surface area (Å²) in [6, 6.07) is 22.1. The fourth-order valence-electron chi connectivity index (χ4n) is 5.75. The number of hydrogen-bond donors (Lipinski definition) is 4. The van der Waals surface area contributed by atoms with Crippen LogP contribution in [-0.2, 0) is 16.6 Å². The molecule has 214 valence electrons. The molecule has 10 heteroatoms. The summed E-state index contributed by atoms with van der Waals surface area (Å²) >= 11 is 0. The minimum Gasteiger partial charge on any atom is -0.497 e. The van der Waals surface area contributed by atoms with Crippen molar-refractivity contribution in [3.8, 4) is 22.6 Å². The maximum Gasteiger partial charge on any atom is 0.244 e. The van der Waals surface area contributed by atoms with Crippen molar-refractivity contribution in [3.63, 3.8) is 0 Å². The molecule has 2 aliphatic rings. The lowest BCUT2D eigenvalue weighted by Crippen LogP contribution is -2.46. The molecule has 0 aromatic heterocycles. The zero-order chi connectivity index (χ0) is 28.3. The second-order valence-electron chi connectivity index (χ2n) is 10.9. The number of aliphatic hydroxyl groups excluding tert-OH is 3. The van der Waals surface area contributed by atoms with E-state index in [1.54, 1.807) is 19.2 Å². The van der Waals surface area contributed by atoms with Crippen LogP contribution in [0.25, 0.3) is 11.1 Å². The summed E-state index contributed by atoms with van der Waals surface area (Å²) in [4.78, 5) is 1.99. The molecular weight excluding hydrogens is 532 g/mol. The number of aliphatic hydroxyl groups is 3. The van der Waals surface area contributed by atoms with Crippen molar-refractivity contribution < 1.29 is 33.2 Å². The molecule has 1 spiro atoms. The summed E-state index contributed by atoms with van der Waals surface area (Å²) in [5, 5.41) is 32.1. The fraction of sp³-hybridized carbons (Fsp3) is 0.400. The molecule has 0 bridgehead atoms. The van der Waals surface area contributed by atoms with Crippen LogP contribution in [0.15, 0.2) is 77.7 Å². The monoisotopic (exact) mass is 568 g/mol. The Morgan fingerprint density at radius 3 is 2.45 bits per heavy atom. The van der Waals surface area contributed by atoms with E-state index in [2.05, 4.69) is 4.72 Å². The van der Waals surface area contributed by atoms with Gasteiger partial charge in [0, 0.05) is 31.6 Å². The zero-order valence-electron chi connectivity index (χ0n) is 22.4. The number of ether oxygens (including phenoxy) is 2. The first-order valence-corrected chi connectivity index (χ1v) is 14.9. The molecule has 4 N–H and O–H groups in total. The van der Waals surface area contributed by atoms with Crippen LogP contribution in [-0.4, -0.2) is 80.3 Å². The number of methoxy groups -OCH3 is 1. The van der Waals surface area contributed by atoms with Crippen LogP contribution in [0.3, 0.4) is 0 Å². The highest BCUT2D eigenvalue weighted by atomic mass is 32.2. The van der Waals surface area contributed by atoms with Crippen molar-refractivity contribution in [2.24, 2.45) is 5.41 Å². The Morgan fingerprint density at radius 2 is 1.73 bits per heavy atom. The Labute approximate surface area is 235 Å². The van der Waals surface area contributed by atoms with Crippen LogP contribution in [0.5, 0.6) is 11.5 Å². The average Bonchev–Trinajstić information content (AvgIpc) is 3.23. The maximum absolute atomic E-state index is 13.4. The summed E-state index contributed by atoms with van der Waals surface area (Å²) in [6.07, 6.45) is -2.31. The van der Waals surface area contributed by atoms with E-state index in [9.17, 15) is 23.7 Å². The topological polar surface area (TPSA) is 129 Å². The second kappa shape index (κ2) is 11.9. The molecular formula is C30H36N2O7S. The van der Waals surface area contributed by atoms with Gasteiger partial charge in [-0.15, -0.1) is 0 Å². The Morgan fingerprint density at radius 1 is 0.975 bits per heavy atom. The smallest absolute Gasteiger partial charge is 0.244 e. The van der Waals surface area contributed by atoms with Crippen molar-refractivity contribution in [2.45, 2.75) is 42.6 Å². The quantitative estimate of drug-likeness (QED) is 0.378. The third-order valence-electron chi connectivity index (χ3n) is 7.68. The summed E-state index contributed by atoms with van der Waals surface area (Å²) in [5.74, 6) is 0.884. The molecule has 1 aliphatic heterocycles. The van der Waals surface area contributed by atoms with Gasteiger partial charge in [0.2, 0.25) is 10.0 Å². The van der Waals surface area contributed by atoms with Crippen molar-refractivity contribution in [2.75, 3.05) is 33.4 Å². The predicted molar refractivity (Wildman–Crippen MR) is 151 cm³/mol. The van der Waals surface area contributed by atoms with Gasteiger partial charge in [0.05, 0.1) is 32.0 Å². The molecule has 40 heavy (non-hydrogen) atoms. The third-order valence-corrected chi connectivity index (χ3v) is 9.14. The van der Waals surface area contributed by atoms with Gasteiger partial charge >= 0.3 is 0 Å². The minimum atomic E-state index is -4.01. The van der Waals surface area contributed by atoms with Crippen LogP contribution in [0, 0.1) is 5.41 Å². The lowest BCUT2D eigenvalue weighted by atomic mass is 9.85. The Bertz CT molecular complexity index is 1410. The molecule has 1 aliphatic carbocycles. The highest BCUT2D eigenvalue weighted by molar-refractivity contribution is 7.89. The number of sulfonamides is 1. The van der Waals surface area contributed by atoms with Gasteiger partial charge in [-0.3, -0.25) is 4.90 Å². The first-order chi connectivity index (χ1) is 19.2. The van der Waals surface area contributed by atoms with E-state index in [0.29, 0.717) is 18.8 Å². The molecule has 1 heterocycles. The summed E-state index contributed by atoms with van der Waals surface area (Å²) < 4.78 is 40.9. The van der Waals surface area contributed by atoms with Crippen molar-refractivity contribution >= 4 is 10.0 Å². The normalized spacial score (nSPS) is 27.2. The lowest BCUT2D eigenvalue weighted by molar-refractivity contribution is 0.0427. The SMILES string of the molecule is COc1cccc(CN2C[C@@H](O)CNS(=O)(=O)c3ccc(-c4ccccc4)cc3OCC3(C[C@@H](O)[C@@H](O)C3)C2)c1. The number of nitrogens with one attached hydrogen (secondary N) is 1. The van der Waals surface area contributed by atoms with Gasteiger partial charge in [0.1, 0.15) is 16.4 Å². The molecule has 3 aromatic carbocycles. The van der Waals surface area contributed by atoms with Gasteiger partial charge < -0.3 is 24.8 Å². The van der Waals surface area contributed by atoms with Crippen LogP contribution >= 0.6 is 0 Å². The number of fused-ring (bicyclic) bond motifs is 1. The van der Waals surface area contributed by atoms with Gasteiger partial charge in [-0.05, 0) is 53.8 Å². The first kappa shape index (κ1) is 28.5. The van der Waals surface area contributed by atoms with Gasteiger partial charge in [-0.25, -0.2) is 13.1 Å². The number of hydrogen-bond acceptors (Lipinski definition) is 8. The first-order valence-electron chi connectivity index (χ1n) is 13.4. The molecule has 0 saturated heterocycles. The van der Waals surface area contributed by atoms with E-state index in [4.69, 9.17) is 9.47 Å². The van der Waals surface area contributed by atoms with E-state index < -0.39 is 33.8 Å². The van der Waals surface area contributed by atoms with E-state index in [-0.39, 0.29) is 43.2 Å². The molecule has 0 amide bonds. The van der Waals surface area contributed by atoms with Gasteiger partial charge in [-0.2, -0.15) is 0 Å². The Hall–Kier alpha value is -2.99. The van der Waals surface area contributed by atoms with Crippen LogP contribution in [0.2, 0.25) is 0 Å². The molecule has 1 unspecified atom stereocenters. The number of rotatable bonds is 4. The average molecular weight is 569 g/mol. The minimum absolute atomic E-state index is 0.0255. The van der Waals surface area contributed by atoms with E-state index in [1.807, 2.05) is 59.5 Å². The highest BCUT2D eigenvalue weighted by Crippen LogP contribution is 2.41. The summed E-state index contributed by atoms with van der Waals surface area (Å²) in [6.45, 7) is 0.925. The lowest BCUT2D eigenvalue weighted by Gasteiger charge is -2.37. The van der Waals surface area contributed by atoms with E-state index >= 15 is 0 Å². The molecule has 9 nitrogen and oxygen atoms in total. The van der Waals surface area contributed by atoms with Crippen molar-refractivity contribution in [1.29, 1.82) is 0 Å². The van der Waals surface area contributed by atoms with E-state index in [0.717, 1.165) is 16.7 Å². The van der Waals surface area contributed by atoms with Crippen LogP contribution in [0.1, 0.15) is 18.4 Å². The standard InChI is InChI=1S/C30H36N2O7S/c1-38-25-9-5-6-21(12-25)17-32-18-24(33)16-31-40(36,37)29-11-10-23(22-7-3-2-4-8-22)13-28(29)39-20-30(19-32)14-26(34)27(35)15-30/h2-13,24,26-27,31,33-35H,14-20H2,1H3/t24-,26-,27+,30?/m0/s1. The maximum atomic E-state index is 13.4. The molecule has 0 radical (unpaired) electrons. The van der Waals surface area contributed by atoms with Crippen LogP contribution < -0.4 is 14.2 Å². The predicted octanol–water partition coefficient (Wildman–Crippen LogP) is 2.40. The zero-order valence-corrected chi connectivity index (χ0v) is 23.3. The molecule has 4 atom stereocenters. The number of β-amino-alcohol motifs (C(OH)–C–C–N with tert-alkyl or cyclic N) is 1. The Balaban J connectivity index is 1.52. The third kappa shape index (κ3) is 6.49. The number of benzene rings is 3. The summed E-state index contributed by atoms with van der Waals surface area (Å²) in [7, 11) is -2.42. The Kier molecular flexibility index (Phi) is 8.46. The van der Waals surface area contributed by atoms with Crippen molar-refractivity contribution in [1.82, 2.24) is 9.62 Å². The summed E-state index contributed by atoms with van der Waals surface area (Å²) in [5.41, 5.74) is 1.97. The van der Waals surface area contributed by atoms with Gasteiger partial charge in [-0.1, -0.05) is 48.5 Å². The van der Waals surface area contributed by atoms with E-state index in [1.165, 1.54) is 6.07 Å². The number of nitrogens with zero attached hydrogens (tertiary/aromatic N) is 1. The van der Waals surface area contributed by atoms with Gasteiger partial charge in [0.15, 0.2) is 0 Å². The molecule has 3 aromatic rings.